The van der Waals surface area contributed by atoms with Crippen LogP contribution in [0.1, 0.15) is 45.1 Å². The molecule has 3 N–H and O–H groups in total. The SMILES string of the molecule is CCNC(=NCc1cccc(-c2ncn[nH]2)c1)NC1CCCC(SCC)C1.I. The van der Waals surface area contributed by atoms with Gasteiger partial charge in [0.25, 0.3) is 0 Å². The van der Waals surface area contributed by atoms with E-state index in [9.17, 15) is 0 Å². The van der Waals surface area contributed by atoms with Gasteiger partial charge in [-0.3, -0.25) is 5.10 Å². The van der Waals surface area contributed by atoms with Gasteiger partial charge in [0.2, 0.25) is 0 Å². The third kappa shape index (κ3) is 6.95. The number of thioether (sulfide) groups is 1. The van der Waals surface area contributed by atoms with Gasteiger partial charge < -0.3 is 10.6 Å². The summed E-state index contributed by atoms with van der Waals surface area (Å²) in [5.41, 5.74) is 2.19. The van der Waals surface area contributed by atoms with Gasteiger partial charge in [0.1, 0.15) is 6.33 Å². The van der Waals surface area contributed by atoms with Gasteiger partial charge in [0.05, 0.1) is 6.54 Å². The van der Waals surface area contributed by atoms with Crippen LogP contribution in [-0.4, -0.2) is 44.7 Å². The van der Waals surface area contributed by atoms with E-state index in [1.165, 1.54) is 37.8 Å². The number of benzene rings is 1. The Bertz CT molecular complexity index is 719. The molecule has 0 amide bonds. The number of rotatable bonds is 7. The van der Waals surface area contributed by atoms with Crippen molar-refractivity contribution in [3.05, 3.63) is 36.2 Å². The third-order valence-corrected chi connectivity index (χ3v) is 5.98. The normalized spacial score (nSPS) is 19.7. The van der Waals surface area contributed by atoms with E-state index in [1.54, 1.807) is 0 Å². The van der Waals surface area contributed by atoms with Crippen molar-refractivity contribution in [2.45, 2.75) is 57.4 Å². The molecule has 0 bridgehead atoms. The summed E-state index contributed by atoms with van der Waals surface area (Å²) in [5, 5.41) is 14.7. The lowest BCUT2D eigenvalue weighted by molar-refractivity contribution is 0.419. The average Bonchev–Trinajstić information content (AvgIpc) is 3.22. The molecule has 1 fully saturated rings. The fourth-order valence-electron chi connectivity index (χ4n) is 3.51. The highest BCUT2D eigenvalue weighted by molar-refractivity contribution is 14.0. The van der Waals surface area contributed by atoms with Crippen LogP contribution in [-0.2, 0) is 6.54 Å². The Morgan fingerprint density at radius 1 is 1.32 bits per heavy atom. The molecule has 2 atom stereocenters. The van der Waals surface area contributed by atoms with Crippen LogP contribution in [0.25, 0.3) is 11.4 Å². The second kappa shape index (κ2) is 12.3. The molecule has 0 spiro atoms. The zero-order valence-corrected chi connectivity index (χ0v) is 19.8. The molecule has 1 saturated carbocycles. The first-order chi connectivity index (χ1) is 13.3. The van der Waals surface area contributed by atoms with E-state index in [0.29, 0.717) is 12.6 Å². The zero-order valence-electron chi connectivity index (χ0n) is 16.6. The highest BCUT2D eigenvalue weighted by Crippen LogP contribution is 2.28. The highest BCUT2D eigenvalue weighted by Gasteiger charge is 2.22. The van der Waals surface area contributed by atoms with Crippen LogP contribution in [0.2, 0.25) is 0 Å². The number of aromatic nitrogens is 3. The van der Waals surface area contributed by atoms with E-state index in [2.05, 4.69) is 63.6 Å². The van der Waals surface area contributed by atoms with Crippen molar-refractivity contribution in [2.75, 3.05) is 12.3 Å². The molecular formula is C20H31IN6S. The number of H-pyrrole nitrogens is 1. The minimum absolute atomic E-state index is 0. The van der Waals surface area contributed by atoms with E-state index in [1.807, 2.05) is 12.1 Å². The molecule has 1 heterocycles. The molecule has 3 rings (SSSR count). The van der Waals surface area contributed by atoms with Gasteiger partial charge in [-0.2, -0.15) is 16.9 Å². The fourth-order valence-corrected chi connectivity index (χ4v) is 4.68. The topological polar surface area (TPSA) is 78.0 Å². The first-order valence-corrected chi connectivity index (χ1v) is 10.9. The monoisotopic (exact) mass is 514 g/mol. The quantitative estimate of drug-likeness (QED) is 0.293. The summed E-state index contributed by atoms with van der Waals surface area (Å²) in [6.07, 6.45) is 6.63. The Labute approximate surface area is 189 Å². The number of hydrogen-bond acceptors (Lipinski definition) is 4. The Balaban J connectivity index is 0.00000280. The summed E-state index contributed by atoms with van der Waals surface area (Å²) in [7, 11) is 0. The fraction of sp³-hybridized carbons (Fsp3) is 0.550. The highest BCUT2D eigenvalue weighted by atomic mass is 127. The van der Waals surface area contributed by atoms with Gasteiger partial charge >= 0.3 is 0 Å². The Hall–Kier alpha value is -1.29. The number of aromatic amines is 1. The maximum atomic E-state index is 4.81. The van der Waals surface area contributed by atoms with Gasteiger partial charge in [-0.25, -0.2) is 9.98 Å². The lowest BCUT2D eigenvalue weighted by Crippen LogP contribution is -2.45. The number of nitrogens with one attached hydrogen (secondary N) is 3. The molecule has 0 aliphatic heterocycles. The van der Waals surface area contributed by atoms with Crippen molar-refractivity contribution < 1.29 is 0 Å². The molecule has 2 unspecified atom stereocenters. The number of nitrogens with zero attached hydrogens (tertiary/aromatic N) is 3. The van der Waals surface area contributed by atoms with Gasteiger partial charge in [0.15, 0.2) is 11.8 Å². The van der Waals surface area contributed by atoms with E-state index in [-0.39, 0.29) is 24.0 Å². The molecular weight excluding hydrogens is 483 g/mol. The Kier molecular flexibility index (Phi) is 10.1. The average molecular weight is 514 g/mol. The van der Waals surface area contributed by atoms with Crippen LogP contribution < -0.4 is 10.6 Å². The van der Waals surface area contributed by atoms with E-state index in [0.717, 1.165) is 34.7 Å². The van der Waals surface area contributed by atoms with Gasteiger partial charge in [-0.15, -0.1) is 24.0 Å². The third-order valence-electron chi connectivity index (χ3n) is 4.75. The summed E-state index contributed by atoms with van der Waals surface area (Å²) in [4.78, 5) is 9.04. The minimum atomic E-state index is 0. The van der Waals surface area contributed by atoms with Crippen LogP contribution in [0.4, 0.5) is 0 Å². The summed E-state index contributed by atoms with van der Waals surface area (Å²) < 4.78 is 0. The predicted molar refractivity (Wildman–Crippen MR) is 129 cm³/mol. The first kappa shape index (κ1) is 23.0. The number of halogens is 1. The first-order valence-electron chi connectivity index (χ1n) is 9.89. The zero-order chi connectivity index (χ0) is 18.9. The summed E-state index contributed by atoms with van der Waals surface area (Å²) in [5.74, 6) is 2.90. The molecule has 8 heteroatoms. The summed E-state index contributed by atoms with van der Waals surface area (Å²) >= 11 is 2.09. The maximum absolute atomic E-state index is 4.81. The van der Waals surface area contributed by atoms with Crippen LogP contribution in [0, 0.1) is 0 Å². The predicted octanol–water partition coefficient (Wildman–Crippen LogP) is 4.21. The van der Waals surface area contributed by atoms with Crippen molar-refractivity contribution in [2.24, 2.45) is 4.99 Å². The van der Waals surface area contributed by atoms with Crippen LogP contribution in [0.3, 0.4) is 0 Å². The van der Waals surface area contributed by atoms with E-state index in [4.69, 9.17) is 4.99 Å². The Morgan fingerprint density at radius 2 is 2.21 bits per heavy atom. The molecule has 6 nitrogen and oxygen atoms in total. The van der Waals surface area contributed by atoms with Gasteiger partial charge in [-0.05, 0) is 43.6 Å². The Morgan fingerprint density at radius 3 is 2.96 bits per heavy atom. The van der Waals surface area contributed by atoms with Crippen molar-refractivity contribution in [1.29, 1.82) is 0 Å². The lowest BCUT2D eigenvalue weighted by atomic mass is 9.95. The molecule has 28 heavy (non-hydrogen) atoms. The van der Waals surface area contributed by atoms with Crippen molar-refractivity contribution in [3.63, 3.8) is 0 Å². The smallest absolute Gasteiger partial charge is 0.191 e. The van der Waals surface area contributed by atoms with Crippen molar-refractivity contribution >= 4 is 41.7 Å². The van der Waals surface area contributed by atoms with Crippen molar-refractivity contribution in [3.8, 4) is 11.4 Å². The lowest BCUT2D eigenvalue weighted by Gasteiger charge is -2.30. The molecule has 1 aliphatic carbocycles. The number of aliphatic imine (C=N–C) groups is 1. The molecule has 0 saturated heterocycles. The summed E-state index contributed by atoms with van der Waals surface area (Å²) in [6.45, 7) is 5.86. The van der Waals surface area contributed by atoms with Crippen molar-refractivity contribution in [1.82, 2.24) is 25.8 Å². The molecule has 1 aromatic heterocycles. The van der Waals surface area contributed by atoms with E-state index >= 15 is 0 Å². The summed E-state index contributed by atoms with van der Waals surface area (Å²) in [6, 6.07) is 8.80. The molecule has 1 aliphatic rings. The minimum Gasteiger partial charge on any atom is -0.357 e. The van der Waals surface area contributed by atoms with Gasteiger partial charge in [0, 0.05) is 23.4 Å². The largest absolute Gasteiger partial charge is 0.357 e. The standard InChI is InChI=1S/C20H30N6S.HI/c1-3-21-20(25-17-9-6-10-18(12-17)27-4-2)22-13-15-7-5-8-16(11-15)19-23-14-24-26-19;/h5,7-8,11,14,17-18H,3-4,6,9-10,12-13H2,1-2H3,(H2,21,22,25)(H,23,24,26);1H. The molecule has 154 valence electrons. The second-order valence-corrected chi connectivity index (χ2v) is 8.39. The van der Waals surface area contributed by atoms with Crippen LogP contribution in [0.5, 0.6) is 0 Å². The number of guanidine groups is 1. The maximum Gasteiger partial charge on any atom is 0.191 e. The van der Waals surface area contributed by atoms with E-state index < -0.39 is 0 Å². The molecule has 1 aromatic carbocycles. The molecule has 0 radical (unpaired) electrons. The number of hydrogen-bond donors (Lipinski definition) is 3. The van der Waals surface area contributed by atoms with Crippen LogP contribution >= 0.6 is 35.7 Å². The van der Waals surface area contributed by atoms with Crippen LogP contribution in [0.15, 0.2) is 35.6 Å². The van der Waals surface area contributed by atoms with Gasteiger partial charge in [-0.1, -0.05) is 31.5 Å². The second-order valence-electron chi connectivity index (χ2n) is 6.81. The molecule has 2 aromatic rings.